The third-order valence-corrected chi connectivity index (χ3v) is 7.35. The first-order valence-electron chi connectivity index (χ1n) is 12.8. The van der Waals surface area contributed by atoms with E-state index in [2.05, 4.69) is 51.9 Å². The molecule has 0 bridgehead atoms. The first kappa shape index (κ1) is 25.4. The number of aromatic nitrogens is 2. The van der Waals surface area contributed by atoms with Crippen molar-refractivity contribution < 1.29 is 9.15 Å². The number of nitrogens with one attached hydrogen (secondary N) is 1. The third-order valence-electron chi connectivity index (χ3n) is 6.52. The van der Waals surface area contributed by atoms with Crippen molar-refractivity contribution >= 4 is 23.2 Å². The Hall–Kier alpha value is -4.85. The van der Waals surface area contributed by atoms with Crippen LogP contribution in [0.1, 0.15) is 27.4 Å². The Morgan fingerprint density at radius 1 is 0.800 bits per heavy atom. The molecule has 0 amide bonds. The van der Waals surface area contributed by atoms with Crippen LogP contribution in [0.4, 0.5) is 5.69 Å². The molecular formula is C33H26N4O2S. The summed E-state index contributed by atoms with van der Waals surface area (Å²) in [5, 5.41) is 7.16. The van der Waals surface area contributed by atoms with Crippen molar-refractivity contribution in [2.45, 2.75) is 12.2 Å². The predicted molar refractivity (Wildman–Crippen MR) is 159 cm³/mol. The number of anilines is 1. The molecule has 2 aromatic heterocycles. The molecule has 0 unspecified atom stereocenters. The van der Waals surface area contributed by atoms with Crippen LogP contribution < -0.4 is 5.43 Å². The Bertz CT molecular complexity index is 1550. The first-order valence-corrected chi connectivity index (χ1v) is 13.7. The van der Waals surface area contributed by atoms with E-state index < -0.39 is 5.60 Å². The van der Waals surface area contributed by atoms with Crippen LogP contribution in [0.25, 0.3) is 11.3 Å². The summed E-state index contributed by atoms with van der Waals surface area (Å²) in [6, 6.07) is 38.8. The smallest absolute Gasteiger partial charge is 0.181 e. The summed E-state index contributed by atoms with van der Waals surface area (Å²) >= 11 is 1.52. The third kappa shape index (κ3) is 5.47. The van der Waals surface area contributed by atoms with Crippen molar-refractivity contribution in [3.05, 3.63) is 161 Å². The number of hydrogen-bond donors (Lipinski definition) is 1. The number of oxazole rings is 1. The van der Waals surface area contributed by atoms with Gasteiger partial charge in [0.2, 0.25) is 0 Å². The van der Waals surface area contributed by atoms with Crippen LogP contribution in [-0.2, 0) is 16.9 Å². The van der Waals surface area contributed by atoms with E-state index in [1.165, 1.54) is 17.7 Å². The topological polar surface area (TPSA) is 72.5 Å². The molecule has 40 heavy (non-hydrogen) atoms. The number of nitrogens with zero attached hydrogens (tertiary/aromatic N) is 3. The van der Waals surface area contributed by atoms with Crippen molar-refractivity contribution in [2.24, 2.45) is 5.10 Å². The average molecular weight is 543 g/mol. The van der Waals surface area contributed by atoms with Gasteiger partial charge in [0.15, 0.2) is 12.2 Å². The number of hydrazone groups is 1. The molecule has 0 aliphatic rings. The van der Waals surface area contributed by atoms with Gasteiger partial charge >= 0.3 is 0 Å². The molecule has 6 rings (SSSR count). The van der Waals surface area contributed by atoms with Crippen LogP contribution in [0.2, 0.25) is 0 Å². The van der Waals surface area contributed by atoms with E-state index in [-0.39, 0.29) is 0 Å². The molecule has 0 spiro atoms. The fourth-order valence-electron chi connectivity index (χ4n) is 4.63. The van der Waals surface area contributed by atoms with Gasteiger partial charge < -0.3 is 9.15 Å². The highest BCUT2D eigenvalue weighted by Crippen LogP contribution is 2.41. The minimum Gasteiger partial charge on any atom is -0.444 e. The van der Waals surface area contributed by atoms with Gasteiger partial charge in [0.1, 0.15) is 10.6 Å². The normalized spacial score (nSPS) is 11.6. The maximum atomic E-state index is 6.87. The van der Waals surface area contributed by atoms with Crippen molar-refractivity contribution in [3.63, 3.8) is 0 Å². The van der Waals surface area contributed by atoms with E-state index in [1.807, 2.05) is 84.2 Å². The number of hydrogen-bond acceptors (Lipinski definition) is 7. The van der Waals surface area contributed by atoms with E-state index in [4.69, 9.17) is 14.1 Å². The molecule has 7 heteroatoms. The second-order valence-corrected chi connectivity index (χ2v) is 9.95. The molecule has 0 radical (unpaired) electrons. The van der Waals surface area contributed by atoms with Crippen molar-refractivity contribution in [3.8, 4) is 11.3 Å². The van der Waals surface area contributed by atoms with Crippen molar-refractivity contribution in [1.82, 2.24) is 9.97 Å². The Labute approximate surface area is 236 Å². The summed E-state index contributed by atoms with van der Waals surface area (Å²) in [6.07, 6.45) is 4.83. The van der Waals surface area contributed by atoms with Crippen LogP contribution in [0.5, 0.6) is 0 Å². The molecule has 196 valence electrons. The lowest BCUT2D eigenvalue weighted by molar-refractivity contribution is -0.00118. The highest BCUT2D eigenvalue weighted by Gasteiger charge is 2.37. The molecule has 6 aromatic rings. The summed E-state index contributed by atoms with van der Waals surface area (Å²) in [7, 11) is 0. The first-order chi connectivity index (χ1) is 19.8. The number of benzene rings is 4. The largest absolute Gasteiger partial charge is 0.444 e. The maximum absolute atomic E-state index is 6.87. The monoisotopic (exact) mass is 542 g/mol. The average Bonchev–Trinajstić information content (AvgIpc) is 3.73. The lowest BCUT2D eigenvalue weighted by Gasteiger charge is -2.35. The van der Waals surface area contributed by atoms with E-state index in [9.17, 15) is 0 Å². The van der Waals surface area contributed by atoms with E-state index in [0.717, 1.165) is 44.4 Å². The lowest BCUT2D eigenvalue weighted by Crippen LogP contribution is -2.32. The summed E-state index contributed by atoms with van der Waals surface area (Å²) in [4.78, 5) is 8.72. The Balaban J connectivity index is 1.20. The summed E-state index contributed by atoms with van der Waals surface area (Å²) in [5.74, 6) is 0.725. The van der Waals surface area contributed by atoms with Gasteiger partial charge in [-0.15, -0.1) is 11.3 Å². The standard InChI is InChI=1S/C33H26N4O2S/c1-4-10-26(11-5-1)33(27-12-6-2-7-13-27,28-14-8-3-9-15-28)39-22-30-23-40-32(36-30)21-35-37-29-18-16-25(17-19-29)31-20-34-24-38-31/h1-21,23-24,37H,22H2. The number of thiazole rings is 1. The minimum atomic E-state index is -0.791. The van der Waals surface area contributed by atoms with E-state index in [0.29, 0.717) is 6.61 Å². The zero-order chi connectivity index (χ0) is 27.0. The van der Waals surface area contributed by atoms with Gasteiger partial charge in [-0.3, -0.25) is 5.43 Å². The zero-order valence-electron chi connectivity index (χ0n) is 21.6. The van der Waals surface area contributed by atoms with Gasteiger partial charge in [0.25, 0.3) is 0 Å². The van der Waals surface area contributed by atoms with Gasteiger partial charge in [0, 0.05) is 10.9 Å². The second-order valence-electron chi connectivity index (χ2n) is 9.06. The van der Waals surface area contributed by atoms with Crippen LogP contribution in [0, 0.1) is 0 Å². The molecule has 2 heterocycles. The maximum Gasteiger partial charge on any atom is 0.181 e. The van der Waals surface area contributed by atoms with Crippen LogP contribution in [0.15, 0.2) is 143 Å². The van der Waals surface area contributed by atoms with Crippen LogP contribution >= 0.6 is 11.3 Å². The van der Waals surface area contributed by atoms with Crippen LogP contribution in [-0.4, -0.2) is 16.2 Å². The van der Waals surface area contributed by atoms with Gasteiger partial charge in [-0.2, -0.15) is 5.10 Å². The molecule has 0 aliphatic carbocycles. The molecular weight excluding hydrogens is 516 g/mol. The molecule has 0 aliphatic heterocycles. The summed E-state index contributed by atoms with van der Waals surface area (Å²) in [6.45, 7) is 0.333. The molecule has 0 saturated heterocycles. The number of rotatable bonds is 10. The predicted octanol–water partition coefficient (Wildman–Crippen LogP) is 7.75. The summed E-state index contributed by atoms with van der Waals surface area (Å²) < 4.78 is 12.2. The van der Waals surface area contributed by atoms with Crippen LogP contribution in [0.3, 0.4) is 0 Å². The van der Waals surface area contributed by atoms with E-state index >= 15 is 0 Å². The Morgan fingerprint density at radius 2 is 1.40 bits per heavy atom. The second kappa shape index (κ2) is 11.9. The quantitative estimate of drug-likeness (QED) is 0.109. The molecule has 0 atom stereocenters. The highest BCUT2D eigenvalue weighted by atomic mass is 32.1. The molecule has 0 fully saturated rings. The summed E-state index contributed by atoms with van der Waals surface area (Å²) in [5.41, 5.74) is 8.09. The van der Waals surface area contributed by atoms with Gasteiger partial charge in [-0.25, -0.2) is 9.97 Å². The van der Waals surface area contributed by atoms with Crippen molar-refractivity contribution in [1.29, 1.82) is 0 Å². The Kier molecular flexibility index (Phi) is 7.57. The van der Waals surface area contributed by atoms with E-state index in [1.54, 1.807) is 12.4 Å². The van der Waals surface area contributed by atoms with Gasteiger partial charge in [-0.1, -0.05) is 91.0 Å². The Morgan fingerprint density at radius 3 is 1.95 bits per heavy atom. The highest BCUT2D eigenvalue weighted by molar-refractivity contribution is 7.11. The lowest BCUT2D eigenvalue weighted by atomic mass is 9.80. The van der Waals surface area contributed by atoms with Gasteiger partial charge in [-0.05, 0) is 41.0 Å². The zero-order valence-corrected chi connectivity index (χ0v) is 22.4. The fraction of sp³-hybridized carbons (Fsp3) is 0.0606. The van der Waals surface area contributed by atoms with Crippen molar-refractivity contribution in [2.75, 3.05) is 5.43 Å². The molecule has 1 N–H and O–H groups in total. The molecule has 0 saturated carbocycles. The fourth-order valence-corrected chi connectivity index (χ4v) is 5.29. The molecule has 4 aromatic carbocycles. The SMILES string of the molecule is C(=NNc1ccc(-c2cnco2)cc1)c1nc(COC(c2ccccc2)(c2ccccc2)c2ccccc2)cs1. The minimum absolute atomic E-state index is 0.333. The molecule has 6 nitrogen and oxygen atoms in total. The number of ether oxygens (including phenoxy) is 1. The van der Waals surface area contributed by atoms with Gasteiger partial charge in [0.05, 0.1) is 30.4 Å².